The lowest BCUT2D eigenvalue weighted by atomic mass is 10.1. The molecule has 1 heterocycles. The largest absolute Gasteiger partial charge is 0.493 e. The Kier molecular flexibility index (Phi) is 6.96. The molecular weight excluding hydrogens is 400 g/mol. The molecule has 0 aliphatic carbocycles. The van der Waals surface area contributed by atoms with Crippen molar-refractivity contribution in [3.05, 3.63) is 42.0 Å². The van der Waals surface area contributed by atoms with Crippen molar-refractivity contribution in [3.63, 3.8) is 0 Å². The van der Waals surface area contributed by atoms with Crippen molar-refractivity contribution in [2.45, 2.75) is 25.8 Å². The lowest BCUT2D eigenvalue weighted by Crippen LogP contribution is -2.43. The number of fused-ring (bicyclic) bond motifs is 1. The molecule has 1 atom stereocenters. The van der Waals surface area contributed by atoms with Crippen molar-refractivity contribution in [1.29, 1.82) is 0 Å². The number of para-hydroxylation sites is 2. The first-order chi connectivity index (χ1) is 15.0. The molecule has 1 unspecified atom stereocenters. The summed E-state index contributed by atoms with van der Waals surface area (Å²) in [5.74, 6) is 0.624. The molecule has 0 bridgehead atoms. The van der Waals surface area contributed by atoms with Gasteiger partial charge in [-0.3, -0.25) is 14.9 Å². The Labute approximate surface area is 180 Å². The van der Waals surface area contributed by atoms with Gasteiger partial charge in [-0.15, -0.1) is 0 Å². The zero-order valence-electron chi connectivity index (χ0n) is 17.9. The van der Waals surface area contributed by atoms with Gasteiger partial charge in [0.15, 0.2) is 11.5 Å². The first kappa shape index (κ1) is 21.9. The van der Waals surface area contributed by atoms with E-state index in [0.717, 1.165) is 11.0 Å². The number of ether oxygens (including phenoxy) is 3. The summed E-state index contributed by atoms with van der Waals surface area (Å²) in [4.78, 5) is 33.1. The molecule has 31 heavy (non-hydrogen) atoms. The van der Waals surface area contributed by atoms with Crippen LogP contribution in [0, 0.1) is 0 Å². The molecule has 164 valence electrons. The zero-order valence-corrected chi connectivity index (χ0v) is 17.9. The van der Waals surface area contributed by atoms with Crippen LogP contribution in [-0.2, 0) is 4.79 Å². The Balaban J connectivity index is 1.78. The van der Waals surface area contributed by atoms with Crippen LogP contribution in [0.2, 0.25) is 0 Å². The molecule has 0 aliphatic heterocycles. The van der Waals surface area contributed by atoms with E-state index in [1.54, 1.807) is 0 Å². The van der Waals surface area contributed by atoms with Gasteiger partial charge in [0.25, 0.3) is 5.91 Å². The summed E-state index contributed by atoms with van der Waals surface area (Å²) in [6.07, 6.45) is 1.16. The summed E-state index contributed by atoms with van der Waals surface area (Å²) in [5, 5.41) is 5.53. The normalized spacial score (nSPS) is 11.6. The molecule has 2 amide bonds. The molecule has 0 fully saturated rings. The van der Waals surface area contributed by atoms with Gasteiger partial charge in [-0.1, -0.05) is 25.5 Å². The molecular formula is C22H26N4O5. The topological polar surface area (TPSA) is 115 Å². The SMILES string of the molecule is CCCC(NC(=O)c1cc(OC)c(OC)c(OC)c1)C(=O)Nc1nc2ccccc2[nH]1. The van der Waals surface area contributed by atoms with Crippen molar-refractivity contribution < 1.29 is 23.8 Å². The number of aromatic nitrogens is 2. The number of H-pyrrole nitrogens is 1. The van der Waals surface area contributed by atoms with E-state index in [0.29, 0.717) is 36.0 Å². The third-order valence-corrected chi connectivity index (χ3v) is 4.76. The number of methoxy groups -OCH3 is 3. The summed E-state index contributed by atoms with van der Waals surface area (Å²) in [5.41, 5.74) is 1.84. The van der Waals surface area contributed by atoms with Gasteiger partial charge in [-0.25, -0.2) is 4.98 Å². The van der Waals surface area contributed by atoms with E-state index in [1.165, 1.54) is 33.5 Å². The molecule has 3 rings (SSSR count). The number of amides is 2. The monoisotopic (exact) mass is 426 g/mol. The summed E-state index contributed by atoms with van der Waals surface area (Å²) >= 11 is 0. The van der Waals surface area contributed by atoms with Crippen LogP contribution in [0.3, 0.4) is 0 Å². The van der Waals surface area contributed by atoms with E-state index in [-0.39, 0.29) is 11.5 Å². The number of rotatable bonds is 9. The van der Waals surface area contributed by atoms with Crippen LogP contribution in [0.4, 0.5) is 5.95 Å². The number of aromatic amines is 1. The average molecular weight is 426 g/mol. The van der Waals surface area contributed by atoms with Gasteiger partial charge in [0, 0.05) is 5.56 Å². The summed E-state index contributed by atoms with van der Waals surface area (Å²) in [6.45, 7) is 1.94. The molecule has 9 heteroatoms. The van der Waals surface area contributed by atoms with Gasteiger partial charge in [-0.2, -0.15) is 0 Å². The molecule has 0 saturated carbocycles. The molecule has 0 radical (unpaired) electrons. The number of hydrogen-bond acceptors (Lipinski definition) is 6. The predicted molar refractivity (Wildman–Crippen MR) is 117 cm³/mol. The highest BCUT2D eigenvalue weighted by atomic mass is 16.5. The molecule has 2 aromatic carbocycles. The highest BCUT2D eigenvalue weighted by molar-refractivity contribution is 6.01. The highest BCUT2D eigenvalue weighted by Crippen LogP contribution is 2.38. The lowest BCUT2D eigenvalue weighted by Gasteiger charge is -2.18. The van der Waals surface area contributed by atoms with E-state index < -0.39 is 11.9 Å². The molecule has 0 spiro atoms. The van der Waals surface area contributed by atoms with Crippen LogP contribution in [0.25, 0.3) is 11.0 Å². The Bertz CT molecular complexity index is 1020. The number of benzene rings is 2. The van der Waals surface area contributed by atoms with Gasteiger partial charge < -0.3 is 24.5 Å². The van der Waals surface area contributed by atoms with E-state index >= 15 is 0 Å². The van der Waals surface area contributed by atoms with Gasteiger partial charge >= 0.3 is 0 Å². The Morgan fingerprint density at radius 1 is 1.06 bits per heavy atom. The number of nitrogens with one attached hydrogen (secondary N) is 3. The van der Waals surface area contributed by atoms with Crippen molar-refractivity contribution in [1.82, 2.24) is 15.3 Å². The Hall–Kier alpha value is -3.75. The van der Waals surface area contributed by atoms with Gasteiger partial charge in [0.2, 0.25) is 17.6 Å². The first-order valence-electron chi connectivity index (χ1n) is 9.87. The van der Waals surface area contributed by atoms with Crippen LogP contribution in [0.1, 0.15) is 30.1 Å². The number of imidazole rings is 1. The second-order valence-electron chi connectivity index (χ2n) is 6.82. The molecule has 3 aromatic rings. The average Bonchev–Trinajstić information content (AvgIpc) is 3.19. The van der Waals surface area contributed by atoms with Gasteiger partial charge in [-0.05, 0) is 30.7 Å². The minimum Gasteiger partial charge on any atom is -0.493 e. The lowest BCUT2D eigenvalue weighted by molar-refractivity contribution is -0.118. The van der Waals surface area contributed by atoms with Crippen molar-refractivity contribution in [2.75, 3.05) is 26.6 Å². The third-order valence-electron chi connectivity index (χ3n) is 4.76. The fourth-order valence-corrected chi connectivity index (χ4v) is 3.23. The van der Waals surface area contributed by atoms with Gasteiger partial charge in [0.1, 0.15) is 6.04 Å². The zero-order chi connectivity index (χ0) is 22.4. The second-order valence-corrected chi connectivity index (χ2v) is 6.82. The molecule has 9 nitrogen and oxygen atoms in total. The first-order valence-corrected chi connectivity index (χ1v) is 9.87. The van der Waals surface area contributed by atoms with Crippen molar-refractivity contribution >= 4 is 28.8 Å². The summed E-state index contributed by atoms with van der Waals surface area (Å²) in [7, 11) is 4.43. The summed E-state index contributed by atoms with van der Waals surface area (Å²) < 4.78 is 15.9. The minimum atomic E-state index is -0.746. The molecule has 0 aliphatic rings. The van der Waals surface area contributed by atoms with E-state index in [4.69, 9.17) is 14.2 Å². The van der Waals surface area contributed by atoms with E-state index in [9.17, 15) is 9.59 Å². The van der Waals surface area contributed by atoms with Crippen molar-refractivity contribution in [2.24, 2.45) is 0 Å². The molecule has 1 aromatic heterocycles. The number of nitrogens with zero attached hydrogens (tertiary/aromatic N) is 1. The second kappa shape index (κ2) is 9.84. The minimum absolute atomic E-state index is 0.284. The predicted octanol–water partition coefficient (Wildman–Crippen LogP) is 3.13. The fraction of sp³-hybridized carbons (Fsp3) is 0.318. The number of carbonyl (C=O) groups is 2. The van der Waals surface area contributed by atoms with Crippen LogP contribution < -0.4 is 24.8 Å². The Morgan fingerprint density at radius 3 is 2.32 bits per heavy atom. The highest BCUT2D eigenvalue weighted by Gasteiger charge is 2.24. The number of hydrogen-bond donors (Lipinski definition) is 3. The third kappa shape index (κ3) is 4.88. The van der Waals surface area contributed by atoms with E-state index in [1.807, 2.05) is 31.2 Å². The van der Waals surface area contributed by atoms with Crippen molar-refractivity contribution in [3.8, 4) is 17.2 Å². The summed E-state index contributed by atoms with van der Waals surface area (Å²) in [6, 6.07) is 9.79. The smallest absolute Gasteiger partial charge is 0.252 e. The van der Waals surface area contributed by atoms with Crippen LogP contribution in [0.15, 0.2) is 36.4 Å². The maximum atomic E-state index is 12.9. The Morgan fingerprint density at radius 2 is 1.74 bits per heavy atom. The van der Waals surface area contributed by atoms with E-state index in [2.05, 4.69) is 20.6 Å². The molecule has 3 N–H and O–H groups in total. The standard InChI is InChI=1S/C22H26N4O5/c1-5-8-16(21(28)26-22-24-14-9-6-7-10-15(14)25-22)23-20(27)13-11-17(29-2)19(31-4)18(12-13)30-3/h6-7,9-12,16H,5,8H2,1-4H3,(H,23,27)(H2,24,25,26,28). The van der Waals surface area contributed by atoms with Crippen LogP contribution in [-0.4, -0.2) is 49.2 Å². The molecule has 0 saturated heterocycles. The maximum absolute atomic E-state index is 12.9. The number of anilines is 1. The quantitative estimate of drug-likeness (QED) is 0.484. The maximum Gasteiger partial charge on any atom is 0.252 e. The van der Waals surface area contributed by atoms with Crippen LogP contribution >= 0.6 is 0 Å². The van der Waals surface area contributed by atoms with Gasteiger partial charge in [0.05, 0.1) is 32.4 Å². The number of carbonyl (C=O) groups excluding carboxylic acids is 2. The fourth-order valence-electron chi connectivity index (χ4n) is 3.23. The van der Waals surface area contributed by atoms with Crippen LogP contribution in [0.5, 0.6) is 17.2 Å².